The monoisotopic (exact) mass is 678 g/mol. The van der Waals surface area contributed by atoms with Crippen LogP contribution >= 0.6 is 0 Å². The predicted octanol–water partition coefficient (Wildman–Crippen LogP) is 3.12. The fourth-order valence-corrected chi connectivity index (χ4v) is 5.24. The molecule has 13 nitrogen and oxygen atoms in total. The number of nitrogens with one attached hydrogen (secondary N) is 3. The molecule has 49 heavy (non-hydrogen) atoms. The minimum atomic E-state index is -1.25. The topological polar surface area (TPSA) is 173 Å². The number of piperazine rings is 1. The van der Waals surface area contributed by atoms with Gasteiger partial charge < -0.3 is 35.4 Å². The van der Waals surface area contributed by atoms with Crippen molar-refractivity contribution in [3.05, 3.63) is 71.8 Å². The number of rotatable bonds is 12. The van der Waals surface area contributed by atoms with Gasteiger partial charge in [0.05, 0.1) is 24.6 Å². The Morgan fingerprint density at radius 1 is 0.939 bits per heavy atom. The maximum absolute atomic E-state index is 13.5. The van der Waals surface area contributed by atoms with Gasteiger partial charge in [-0.3, -0.25) is 14.5 Å². The number of nitrogens with zero attached hydrogens (tertiary/aromatic N) is 3. The Kier molecular flexibility index (Phi) is 14.0. The van der Waals surface area contributed by atoms with Gasteiger partial charge in [0.25, 0.3) is 0 Å². The smallest absolute Gasteiger partial charge is 0.410 e. The van der Waals surface area contributed by atoms with E-state index < -0.39 is 53.5 Å². The molecule has 0 radical (unpaired) electrons. The number of alkyl carbamates (subject to hydrolysis) is 1. The summed E-state index contributed by atoms with van der Waals surface area (Å²) >= 11 is 0. The lowest BCUT2D eigenvalue weighted by Crippen LogP contribution is -2.64. The number of carbonyl (C=O) groups is 4. The zero-order valence-corrected chi connectivity index (χ0v) is 29.3. The van der Waals surface area contributed by atoms with E-state index in [4.69, 9.17) is 9.47 Å². The molecule has 13 heteroatoms. The van der Waals surface area contributed by atoms with Crippen LogP contribution in [0.1, 0.15) is 59.1 Å². The molecule has 4 N–H and O–H groups in total. The number of benzene rings is 2. The largest absolute Gasteiger partial charge is 0.445 e. The van der Waals surface area contributed by atoms with Crippen LogP contribution in [0.2, 0.25) is 0 Å². The summed E-state index contributed by atoms with van der Waals surface area (Å²) in [7, 11) is 0. The van der Waals surface area contributed by atoms with Gasteiger partial charge in [0.2, 0.25) is 11.8 Å². The molecule has 1 aliphatic rings. The average Bonchev–Trinajstić information content (AvgIpc) is 3.02. The maximum atomic E-state index is 13.5. The first-order valence-electron chi connectivity index (χ1n) is 16.4. The van der Waals surface area contributed by atoms with Crippen molar-refractivity contribution in [2.45, 2.75) is 96.4 Å². The van der Waals surface area contributed by atoms with Crippen molar-refractivity contribution >= 4 is 24.0 Å². The molecule has 4 amide bonds. The molecule has 1 heterocycles. The molecule has 0 aromatic heterocycles. The molecule has 0 spiro atoms. The van der Waals surface area contributed by atoms with Crippen LogP contribution in [0.3, 0.4) is 0 Å². The second-order valence-electron chi connectivity index (χ2n) is 14.2. The lowest BCUT2D eigenvalue weighted by atomic mass is 9.98. The van der Waals surface area contributed by atoms with Crippen LogP contribution in [0.25, 0.3) is 0 Å². The van der Waals surface area contributed by atoms with Gasteiger partial charge >= 0.3 is 12.2 Å². The van der Waals surface area contributed by atoms with Gasteiger partial charge in [-0.25, -0.2) is 9.59 Å². The zero-order chi connectivity index (χ0) is 36.2. The van der Waals surface area contributed by atoms with Gasteiger partial charge in [0, 0.05) is 31.7 Å². The molecule has 1 unspecified atom stereocenters. The third-order valence-electron chi connectivity index (χ3n) is 7.57. The van der Waals surface area contributed by atoms with Gasteiger partial charge in [-0.15, -0.1) is 0 Å². The Balaban J connectivity index is 1.78. The molecule has 4 atom stereocenters. The summed E-state index contributed by atoms with van der Waals surface area (Å²) in [6, 6.07) is 17.3. The molecule has 0 saturated carbocycles. The number of aliphatic hydroxyl groups is 1. The van der Waals surface area contributed by atoms with Crippen LogP contribution in [0.15, 0.2) is 60.7 Å². The standard InChI is InChI=1S/C36H50N6O7/c1-35(2,3)40-32(45)29-22-42(34(47)49-36(4,5)6)20-19-41(29)23-30(43)28(21-25-13-9-7-10-14-25)38-31(44)27(17-18-37)39-33(46)48-24-26-15-11-8-12-16-26/h7-16,27-30,43H,17,19-24H2,1-6H3,(H,38,44)(H,39,46)(H,40,45)/t27-,28-,29?,30+/m0/s1. The van der Waals surface area contributed by atoms with Gasteiger partial charge in [0.15, 0.2) is 0 Å². The highest BCUT2D eigenvalue weighted by molar-refractivity contribution is 5.86. The normalized spacial score (nSPS) is 17.1. The van der Waals surface area contributed by atoms with Crippen LogP contribution in [-0.2, 0) is 32.1 Å². The van der Waals surface area contributed by atoms with Crippen LogP contribution in [0.5, 0.6) is 0 Å². The van der Waals surface area contributed by atoms with E-state index in [0.717, 1.165) is 11.1 Å². The van der Waals surface area contributed by atoms with Gasteiger partial charge in [-0.1, -0.05) is 60.7 Å². The van der Waals surface area contributed by atoms with Crippen LogP contribution in [-0.4, -0.2) is 100 Å². The number of amides is 4. The van der Waals surface area contributed by atoms with Crippen molar-refractivity contribution in [3.8, 4) is 6.07 Å². The van der Waals surface area contributed by atoms with Gasteiger partial charge in [-0.05, 0) is 59.1 Å². The number of hydrogen-bond donors (Lipinski definition) is 4. The van der Waals surface area contributed by atoms with E-state index in [1.807, 2.05) is 63.2 Å². The van der Waals surface area contributed by atoms with Crippen molar-refractivity contribution in [2.75, 3.05) is 26.2 Å². The Morgan fingerprint density at radius 3 is 2.12 bits per heavy atom. The summed E-state index contributed by atoms with van der Waals surface area (Å²) in [5.74, 6) is -0.987. The number of hydrogen-bond acceptors (Lipinski definition) is 9. The van der Waals surface area contributed by atoms with Crippen LogP contribution < -0.4 is 16.0 Å². The highest BCUT2D eigenvalue weighted by Gasteiger charge is 2.39. The Bertz CT molecular complexity index is 1440. The number of ether oxygens (including phenoxy) is 2. The first-order chi connectivity index (χ1) is 23.0. The first-order valence-corrected chi connectivity index (χ1v) is 16.4. The highest BCUT2D eigenvalue weighted by atomic mass is 16.6. The average molecular weight is 679 g/mol. The third kappa shape index (κ3) is 13.4. The van der Waals surface area contributed by atoms with E-state index in [1.165, 1.54) is 4.90 Å². The summed E-state index contributed by atoms with van der Waals surface area (Å²) in [5.41, 5.74) is 0.319. The predicted molar refractivity (Wildman–Crippen MR) is 183 cm³/mol. The second kappa shape index (κ2) is 17.6. The maximum Gasteiger partial charge on any atom is 0.410 e. The minimum Gasteiger partial charge on any atom is -0.445 e. The Hall–Kier alpha value is -4.67. The Labute approximate surface area is 288 Å². The first kappa shape index (κ1) is 38.8. The molecule has 2 aromatic rings. The van der Waals surface area contributed by atoms with E-state index in [0.29, 0.717) is 0 Å². The molecule has 3 rings (SSSR count). The molecule has 0 aliphatic carbocycles. The summed E-state index contributed by atoms with van der Waals surface area (Å²) < 4.78 is 10.8. The molecular formula is C36H50N6O7. The molecule has 266 valence electrons. The van der Waals surface area contributed by atoms with Crippen molar-refractivity contribution in [1.29, 1.82) is 5.26 Å². The van der Waals surface area contributed by atoms with Crippen LogP contribution in [0, 0.1) is 11.3 Å². The lowest BCUT2D eigenvalue weighted by molar-refractivity contribution is -0.131. The van der Waals surface area contributed by atoms with Gasteiger partial charge in [0.1, 0.15) is 24.3 Å². The molecule has 0 bridgehead atoms. The zero-order valence-electron chi connectivity index (χ0n) is 29.3. The lowest BCUT2D eigenvalue weighted by Gasteiger charge is -2.43. The summed E-state index contributed by atoms with van der Waals surface area (Å²) in [6.07, 6.45) is -2.69. The molecular weight excluding hydrogens is 628 g/mol. The second-order valence-corrected chi connectivity index (χ2v) is 14.2. The molecule has 1 fully saturated rings. The van der Waals surface area contributed by atoms with Crippen LogP contribution in [0.4, 0.5) is 9.59 Å². The molecule has 1 saturated heterocycles. The van der Waals surface area contributed by atoms with Gasteiger partial charge in [-0.2, -0.15) is 5.26 Å². The SMILES string of the molecule is CC(C)(C)NC(=O)C1CN(C(=O)OC(C)(C)C)CCN1C[C@@H](O)[C@H](Cc1ccccc1)NC(=O)[C@H](CC#N)NC(=O)OCc1ccccc1. The van der Waals surface area contributed by atoms with E-state index >= 15 is 0 Å². The number of β-amino-alcohol motifs (C(OH)–C–C–N with tert-alkyl or cyclic N) is 1. The quantitative estimate of drug-likeness (QED) is 0.263. The summed E-state index contributed by atoms with van der Waals surface area (Å²) in [6.45, 7) is 11.4. The molecule has 2 aromatic carbocycles. The third-order valence-corrected chi connectivity index (χ3v) is 7.57. The fraction of sp³-hybridized carbons (Fsp3) is 0.528. The van der Waals surface area contributed by atoms with E-state index in [9.17, 15) is 29.5 Å². The van der Waals surface area contributed by atoms with E-state index in [-0.39, 0.29) is 51.5 Å². The number of nitriles is 1. The minimum absolute atomic E-state index is 0.0162. The van der Waals surface area contributed by atoms with E-state index in [2.05, 4.69) is 16.0 Å². The number of carbonyl (C=O) groups excluding carboxylic acids is 4. The van der Waals surface area contributed by atoms with E-state index in [1.54, 1.807) is 49.9 Å². The summed E-state index contributed by atoms with van der Waals surface area (Å²) in [5, 5.41) is 29.4. The van der Waals surface area contributed by atoms with Crippen molar-refractivity contribution < 1.29 is 33.8 Å². The summed E-state index contributed by atoms with van der Waals surface area (Å²) in [4.78, 5) is 55.8. The molecule has 1 aliphatic heterocycles. The Morgan fingerprint density at radius 2 is 1.55 bits per heavy atom. The fourth-order valence-electron chi connectivity index (χ4n) is 5.24. The number of aliphatic hydroxyl groups excluding tert-OH is 1. The van der Waals surface area contributed by atoms with Crippen molar-refractivity contribution in [2.24, 2.45) is 0 Å². The van der Waals surface area contributed by atoms with Crippen molar-refractivity contribution in [3.63, 3.8) is 0 Å². The van der Waals surface area contributed by atoms with Crippen molar-refractivity contribution in [1.82, 2.24) is 25.8 Å². The highest BCUT2D eigenvalue weighted by Crippen LogP contribution is 2.18.